The van der Waals surface area contributed by atoms with E-state index in [1.807, 2.05) is 18.2 Å². The first-order chi connectivity index (χ1) is 9.96. The van der Waals surface area contributed by atoms with Gasteiger partial charge in [0.2, 0.25) is 0 Å². The molecular weight excluding hydrogens is 264 g/mol. The summed E-state index contributed by atoms with van der Waals surface area (Å²) in [5, 5.41) is 12.0. The average Bonchev–Trinajstić information content (AvgIpc) is 2.44. The number of unbranched alkanes of at least 4 members (excludes halogenated alkanes) is 2. The Hall–Kier alpha value is -1.73. The van der Waals surface area contributed by atoms with Gasteiger partial charge in [0.15, 0.2) is 0 Å². The second kappa shape index (κ2) is 8.53. The highest BCUT2D eigenvalue weighted by molar-refractivity contribution is 5.40. The maximum atomic E-state index is 8.52. The molecule has 0 unspecified atom stereocenters. The van der Waals surface area contributed by atoms with Crippen LogP contribution in [0, 0.1) is 11.3 Å². The molecule has 0 saturated carbocycles. The van der Waals surface area contributed by atoms with Crippen LogP contribution in [-0.2, 0) is 6.54 Å². The van der Waals surface area contributed by atoms with Gasteiger partial charge in [0.25, 0.3) is 0 Å². The number of nitrogens with zero attached hydrogens (tertiary/aromatic N) is 1. The number of hydrogen-bond acceptors (Lipinski definition) is 4. The van der Waals surface area contributed by atoms with E-state index in [1.54, 1.807) is 7.11 Å². The van der Waals surface area contributed by atoms with Crippen LogP contribution in [0.15, 0.2) is 18.2 Å². The van der Waals surface area contributed by atoms with Crippen LogP contribution >= 0.6 is 0 Å². The molecule has 1 rings (SSSR count). The number of benzene rings is 1. The fraction of sp³-hybridized carbons (Fsp3) is 0.588. The molecule has 0 radical (unpaired) electrons. The molecule has 1 aromatic carbocycles. The standard InChI is InChI=1S/C17H26N2O2/c1-17(2,3)19-13-14-12-15(20-4)8-9-16(14)21-11-7-5-6-10-18/h8-9,12,19H,5-7,11,13H2,1-4H3. The molecule has 0 aromatic heterocycles. The van der Waals surface area contributed by atoms with E-state index >= 15 is 0 Å². The number of hydrogen-bond donors (Lipinski definition) is 1. The summed E-state index contributed by atoms with van der Waals surface area (Å²) in [5.74, 6) is 1.71. The molecule has 21 heavy (non-hydrogen) atoms. The molecule has 0 fully saturated rings. The van der Waals surface area contributed by atoms with E-state index in [1.165, 1.54) is 0 Å². The molecule has 0 amide bonds. The number of ether oxygens (including phenoxy) is 2. The maximum absolute atomic E-state index is 8.52. The zero-order chi connectivity index (χ0) is 15.7. The maximum Gasteiger partial charge on any atom is 0.124 e. The van der Waals surface area contributed by atoms with Gasteiger partial charge in [-0.3, -0.25) is 0 Å². The third-order valence-corrected chi connectivity index (χ3v) is 3.02. The van der Waals surface area contributed by atoms with Crippen LogP contribution in [0.3, 0.4) is 0 Å². The highest BCUT2D eigenvalue weighted by Gasteiger charge is 2.12. The van der Waals surface area contributed by atoms with Gasteiger partial charge in [-0.05, 0) is 51.8 Å². The topological polar surface area (TPSA) is 54.3 Å². The highest BCUT2D eigenvalue weighted by Crippen LogP contribution is 2.25. The van der Waals surface area contributed by atoms with Crippen LogP contribution < -0.4 is 14.8 Å². The predicted octanol–water partition coefficient (Wildman–Crippen LogP) is 3.66. The van der Waals surface area contributed by atoms with Crippen LogP contribution in [-0.4, -0.2) is 19.3 Å². The molecule has 4 heteroatoms. The zero-order valence-electron chi connectivity index (χ0n) is 13.5. The monoisotopic (exact) mass is 290 g/mol. The van der Waals surface area contributed by atoms with Crippen LogP contribution in [0.1, 0.15) is 45.6 Å². The van der Waals surface area contributed by atoms with E-state index in [-0.39, 0.29) is 5.54 Å². The number of methoxy groups -OCH3 is 1. The van der Waals surface area contributed by atoms with E-state index in [9.17, 15) is 0 Å². The summed E-state index contributed by atoms with van der Waals surface area (Å²) in [7, 11) is 1.67. The first-order valence-electron chi connectivity index (χ1n) is 7.38. The molecule has 0 atom stereocenters. The van der Waals surface area contributed by atoms with Crippen molar-refractivity contribution in [3.63, 3.8) is 0 Å². The largest absolute Gasteiger partial charge is 0.497 e. The quantitative estimate of drug-likeness (QED) is 0.742. The molecule has 0 bridgehead atoms. The van der Waals surface area contributed by atoms with E-state index in [0.717, 1.165) is 36.4 Å². The normalized spacial score (nSPS) is 11.0. The van der Waals surface area contributed by atoms with Gasteiger partial charge in [-0.1, -0.05) is 0 Å². The zero-order valence-corrected chi connectivity index (χ0v) is 13.5. The van der Waals surface area contributed by atoms with Gasteiger partial charge < -0.3 is 14.8 Å². The van der Waals surface area contributed by atoms with Gasteiger partial charge in [-0.15, -0.1) is 0 Å². The van der Waals surface area contributed by atoms with E-state index in [0.29, 0.717) is 13.0 Å². The Morgan fingerprint density at radius 1 is 1.24 bits per heavy atom. The molecular formula is C17H26N2O2. The van der Waals surface area contributed by atoms with Gasteiger partial charge in [0.1, 0.15) is 11.5 Å². The first-order valence-corrected chi connectivity index (χ1v) is 7.38. The lowest BCUT2D eigenvalue weighted by Gasteiger charge is -2.22. The molecule has 1 aromatic rings. The van der Waals surface area contributed by atoms with Crippen molar-refractivity contribution in [1.82, 2.24) is 5.32 Å². The van der Waals surface area contributed by atoms with Gasteiger partial charge in [-0.2, -0.15) is 5.26 Å². The van der Waals surface area contributed by atoms with E-state index in [4.69, 9.17) is 14.7 Å². The molecule has 0 aliphatic carbocycles. The molecule has 116 valence electrons. The van der Waals surface area contributed by atoms with Crippen LogP contribution in [0.25, 0.3) is 0 Å². The lowest BCUT2D eigenvalue weighted by Crippen LogP contribution is -2.35. The summed E-state index contributed by atoms with van der Waals surface area (Å²) in [5.41, 5.74) is 1.14. The van der Waals surface area contributed by atoms with Crippen molar-refractivity contribution in [1.29, 1.82) is 5.26 Å². The minimum Gasteiger partial charge on any atom is -0.497 e. The van der Waals surface area contributed by atoms with Crippen molar-refractivity contribution in [2.45, 2.75) is 52.1 Å². The molecule has 0 spiro atoms. The summed E-state index contributed by atoms with van der Waals surface area (Å²) in [6.07, 6.45) is 2.36. The van der Waals surface area contributed by atoms with Gasteiger partial charge in [0.05, 0.1) is 19.8 Å². The highest BCUT2D eigenvalue weighted by atomic mass is 16.5. The summed E-state index contributed by atoms with van der Waals surface area (Å²) >= 11 is 0. The Morgan fingerprint density at radius 3 is 2.62 bits per heavy atom. The molecule has 0 aliphatic heterocycles. The summed E-state index contributed by atoms with van der Waals surface area (Å²) in [4.78, 5) is 0. The Balaban J connectivity index is 2.66. The van der Waals surface area contributed by atoms with Gasteiger partial charge in [-0.25, -0.2) is 0 Å². The van der Waals surface area contributed by atoms with E-state index < -0.39 is 0 Å². The third-order valence-electron chi connectivity index (χ3n) is 3.02. The Bertz CT molecular complexity index is 473. The molecule has 0 aliphatic rings. The molecule has 0 heterocycles. The average molecular weight is 290 g/mol. The second-order valence-electron chi connectivity index (χ2n) is 6.04. The predicted molar refractivity (Wildman–Crippen MR) is 84.5 cm³/mol. The van der Waals surface area contributed by atoms with Gasteiger partial charge >= 0.3 is 0 Å². The SMILES string of the molecule is COc1ccc(OCCCCC#N)c(CNC(C)(C)C)c1. The van der Waals surface area contributed by atoms with Crippen LogP contribution in [0.5, 0.6) is 11.5 Å². The van der Waals surface area contributed by atoms with Crippen LogP contribution in [0.4, 0.5) is 0 Å². The Kier molecular flexibility index (Phi) is 7.04. The first kappa shape index (κ1) is 17.3. The Labute approximate surface area is 128 Å². The van der Waals surface area contributed by atoms with Crippen molar-refractivity contribution in [2.24, 2.45) is 0 Å². The lowest BCUT2D eigenvalue weighted by molar-refractivity contribution is 0.301. The molecule has 1 N–H and O–H groups in total. The Morgan fingerprint density at radius 2 is 2.00 bits per heavy atom. The lowest BCUT2D eigenvalue weighted by atomic mass is 10.1. The number of nitriles is 1. The minimum absolute atomic E-state index is 0.0488. The van der Waals surface area contributed by atoms with Crippen molar-refractivity contribution < 1.29 is 9.47 Å². The summed E-state index contributed by atoms with van der Waals surface area (Å²) < 4.78 is 11.1. The number of nitrogens with one attached hydrogen (secondary N) is 1. The minimum atomic E-state index is 0.0488. The fourth-order valence-corrected chi connectivity index (χ4v) is 1.81. The molecule has 4 nitrogen and oxygen atoms in total. The second-order valence-corrected chi connectivity index (χ2v) is 6.04. The van der Waals surface area contributed by atoms with E-state index in [2.05, 4.69) is 32.2 Å². The number of rotatable bonds is 8. The van der Waals surface area contributed by atoms with Crippen molar-refractivity contribution in [3.8, 4) is 17.6 Å². The molecule has 0 saturated heterocycles. The van der Waals surface area contributed by atoms with Gasteiger partial charge in [0, 0.05) is 24.1 Å². The van der Waals surface area contributed by atoms with Crippen molar-refractivity contribution in [2.75, 3.05) is 13.7 Å². The van der Waals surface area contributed by atoms with Crippen LogP contribution in [0.2, 0.25) is 0 Å². The summed E-state index contributed by atoms with van der Waals surface area (Å²) in [6, 6.07) is 8.01. The smallest absolute Gasteiger partial charge is 0.124 e. The summed E-state index contributed by atoms with van der Waals surface area (Å²) in [6.45, 7) is 7.77. The van der Waals surface area contributed by atoms with Crippen molar-refractivity contribution in [3.05, 3.63) is 23.8 Å². The third kappa shape index (κ3) is 7.01. The fourth-order valence-electron chi connectivity index (χ4n) is 1.81. The van der Waals surface area contributed by atoms with Crippen molar-refractivity contribution >= 4 is 0 Å².